The van der Waals surface area contributed by atoms with E-state index < -0.39 is 23.8 Å². The van der Waals surface area contributed by atoms with Gasteiger partial charge in [0.1, 0.15) is 31.7 Å². The normalized spacial score (nSPS) is 14.3. The Morgan fingerprint density at radius 3 is 2.44 bits per heavy atom. The smallest absolute Gasteiger partial charge is 0.247 e. The number of piperazine rings is 1. The first kappa shape index (κ1) is 25.7. The molecule has 1 aliphatic heterocycles. The Bertz CT molecular complexity index is 1510. The molecule has 0 aliphatic carbocycles. The first-order chi connectivity index (χ1) is 18.9. The average molecular weight is 544 g/mol. The van der Waals surface area contributed by atoms with E-state index in [1.807, 2.05) is 30.3 Å². The van der Waals surface area contributed by atoms with Gasteiger partial charge in [0.15, 0.2) is 0 Å². The topological polar surface area (TPSA) is 130 Å². The van der Waals surface area contributed by atoms with Crippen LogP contribution in [0.15, 0.2) is 79.1 Å². The highest BCUT2D eigenvalue weighted by molar-refractivity contribution is 6.31. The summed E-state index contributed by atoms with van der Waals surface area (Å²) >= 11 is 6.22. The molecule has 3 amide bonds. The summed E-state index contributed by atoms with van der Waals surface area (Å²) in [7, 11) is 0. The van der Waals surface area contributed by atoms with Crippen LogP contribution in [-0.2, 0) is 20.8 Å². The summed E-state index contributed by atoms with van der Waals surface area (Å²) in [6.45, 7) is -0.629. The van der Waals surface area contributed by atoms with Crippen molar-refractivity contribution in [1.82, 2.24) is 25.1 Å². The maximum Gasteiger partial charge on any atom is 0.247 e. The number of nitrogens with zero attached hydrogens (tertiary/aromatic N) is 6. The summed E-state index contributed by atoms with van der Waals surface area (Å²) < 4.78 is 1.37. The van der Waals surface area contributed by atoms with Crippen molar-refractivity contribution in [3.05, 3.63) is 95.3 Å². The van der Waals surface area contributed by atoms with Crippen LogP contribution in [0.25, 0.3) is 5.69 Å². The fourth-order valence-electron chi connectivity index (χ4n) is 4.37. The molecule has 0 spiro atoms. The minimum atomic E-state index is -0.963. The van der Waals surface area contributed by atoms with Gasteiger partial charge in [-0.25, -0.2) is 0 Å². The molecule has 0 saturated carbocycles. The number of rotatable bonds is 8. The number of anilines is 2. The molecule has 1 saturated heterocycles. The zero-order chi connectivity index (χ0) is 27.4. The predicted octanol–water partition coefficient (Wildman–Crippen LogP) is 2.55. The van der Waals surface area contributed by atoms with Crippen LogP contribution < -0.4 is 10.2 Å². The Balaban J connectivity index is 1.42. The third-order valence-electron chi connectivity index (χ3n) is 6.31. The molecule has 1 atom stereocenters. The Morgan fingerprint density at radius 2 is 1.74 bits per heavy atom. The van der Waals surface area contributed by atoms with E-state index in [0.29, 0.717) is 33.9 Å². The minimum absolute atomic E-state index is 0.200. The van der Waals surface area contributed by atoms with Crippen LogP contribution in [0.5, 0.6) is 0 Å². The molecule has 11 nitrogen and oxygen atoms in total. The number of carbonyl (C=O) groups is 4. The Labute approximate surface area is 228 Å². The van der Waals surface area contributed by atoms with Crippen molar-refractivity contribution in [2.75, 3.05) is 23.3 Å². The van der Waals surface area contributed by atoms with E-state index in [1.165, 1.54) is 20.8 Å². The molecule has 39 heavy (non-hydrogen) atoms. The van der Waals surface area contributed by atoms with Gasteiger partial charge in [0.25, 0.3) is 0 Å². The SMILES string of the molecule is O=Cc1ccc(NC(=O)C(Cc2ccccc2)N2CC(=O)N(c3cc(Cl)ccc3-n3cnnn3)CC2=O)cc1. The van der Waals surface area contributed by atoms with Crippen molar-refractivity contribution in [3.8, 4) is 5.69 Å². The molecule has 4 aromatic rings. The second-order valence-electron chi connectivity index (χ2n) is 8.82. The number of carbonyl (C=O) groups excluding carboxylic acids is 4. The van der Waals surface area contributed by atoms with Gasteiger partial charge in [0.2, 0.25) is 17.7 Å². The molecular weight excluding hydrogens is 522 g/mol. The van der Waals surface area contributed by atoms with Crippen molar-refractivity contribution in [1.29, 1.82) is 0 Å². The quantitative estimate of drug-likeness (QED) is 0.338. The fraction of sp³-hybridized carbons (Fsp3) is 0.148. The van der Waals surface area contributed by atoms with Crippen LogP contribution in [0, 0.1) is 0 Å². The first-order valence-corrected chi connectivity index (χ1v) is 12.3. The summed E-state index contributed by atoms with van der Waals surface area (Å²) in [5.74, 6) is -1.26. The van der Waals surface area contributed by atoms with Gasteiger partial charge in [-0.1, -0.05) is 41.9 Å². The maximum atomic E-state index is 13.5. The van der Waals surface area contributed by atoms with Crippen LogP contribution in [0.1, 0.15) is 15.9 Å². The molecule has 1 N–H and O–H groups in total. The zero-order valence-corrected chi connectivity index (χ0v) is 21.2. The number of aldehydes is 1. The Kier molecular flexibility index (Phi) is 7.41. The van der Waals surface area contributed by atoms with Crippen LogP contribution in [0.2, 0.25) is 5.02 Å². The molecule has 0 radical (unpaired) electrons. The van der Waals surface area contributed by atoms with Gasteiger partial charge in [-0.3, -0.25) is 24.1 Å². The summed E-state index contributed by atoms with van der Waals surface area (Å²) in [5.41, 5.74) is 2.59. The maximum absolute atomic E-state index is 13.5. The molecule has 1 unspecified atom stereocenters. The highest BCUT2D eigenvalue weighted by atomic mass is 35.5. The van der Waals surface area contributed by atoms with Gasteiger partial charge < -0.3 is 10.2 Å². The second kappa shape index (κ2) is 11.2. The lowest BCUT2D eigenvalue weighted by Gasteiger charge is -2.38. The van der Waals surface area contributed by atoms with Crippen LogP contribution in [-0.4, -0.2) is 68.2 Å². The van der Waals surface area contributed by atoms with E-state index in [2.05, 4.69) is 20.8 Å². The van der Waals surface area contributed by atoms with Crippen molar-refractivity contribution in [2.24, 2.45) is 0 Å². The Hall–Kier alpha value is -4.90. The lowest BCUT2D eigenvalue weighted by molar-refractivity contribution is -0.143. The summed E-state index contributed by atoms with van der Waals surface area (Å²) in [4.78, 5) is 54.0. The van der Waals surface area contributed by atoms with Gasteiger partial charge in [-0.15, -0.1) is 5.10 Å². The van der Waals surface area contributed by atoms with E-state index in [4.69, 9.17) is 11.6 Å². The van der Waals surface area contributed by atoms with Gasteiger partial charge in [-0.2, -0.15) is 4.68 Å². The van der Waals surface area contributed by atoms with E-state index in [-0.39, 0.29) is 19.5 Å². The number of amides is 3. The number of hydrogen-bond acceptors (Lipinski definition) is 7. The highest BCUT2D eigenvalue weighted by Gasteiger charge is 2.39. The third-order valence-corrected chi connectivity index (χ3v) is 6.54. The standard InChI is InChI=1S/C27H22ClN7O4/c28-20-8-11-22(35-17-29-31-32-35)23(13-20)33-14-26(38)34(15-25(33)37)24(12-18-4-2-1-3-5-18)27(39)30-21-9-6-19(16-36)7-10-21/h1-11,13,16-17,24H,12,14-15H2,(H,30,39). The van der Waals surface area contributed by atoms with Crippen molar-refractivity contribution < 1.29 is 19.2 Å². The third kappa shape index (κ3) is 5.68. The molecule has 1 fully saturated rings. The summed E-state index contributed by atoms with van der Waals surface area (Å²) in [6.07, 6.45) is 2.28. The van der Waals surface area contributed by atoms with Gasteiger partial charge >= 0.3 is 0 Å². The lowest BCUT2D eigenvalue weighted by atomic mass is 10.0. The number of tetrazole rings is 1. The molecule has 5 rings (SSSR count). The summed E-state index contributed by atoms with van der Waals surface area (Å²) in [6, 6.07) is 19.5. The van der Waals surface area contributed by atoms with E-state index in [1.54, 1.807) is 42.5 Å². The monoisotopic (exact) mass is 543 g/mol. The molecule has 3 aromatic carbocycles. The fourth-order valence-corrected chi connectivity index (χ4v) is 4.53. The number of hydrogen-bond donors (Lipinski definition) is 1. The molecular formula is C27H22ClN7O4. The van der Waals surface area contributed by atoms with Gasteiger partial charge in [-0.05, 0) is 58.5 Å². The van der Waals surface area contributed by atoms with Gasteiger partial charge in [0, 0.05) is 22.7 Å². The number of nitrogens with one attached hydrogen (secondary N) is 1. The predicted molar refractivity (Wildman–Crippen MR) is 143 cm³/mol. The van der Waals surface area contributed by atoms with E-state index >= 15 is 0 Å². The number of benzene rings is 3. The lowest BCUT2D eigenvalue weighted by Crippen LogP contribution is -2.60. The largest absolute Gasteiger partial charge is 0.324 e. The number of aromatic nitrogens is 4. The molecule has 1 aliphatic rings. The van der Waals surface area contributed by atoms with Crippen LogP contribution in [0.3, 0.4) is 0 Å². The van der Waals surface area contributed by atoms with Crippen molar-refractivity contribution in [2.45, 2.75) is 12.5 Å². The van der Waals surface area contributed by atoms with Gasteiger partial charge in [0.05, 0.1) is 11.4 Å². The molecule has 196 valence electrons. The van der Waals surface area contributed by atoms with Crippen molar-refractivity contribution in [3.63, 3.8) is 0 Å². The Morgan fingerprint density at radius 1 is 0.974 bits per heavy atom. The zero-order valence-electron chi connectivity index (χ0n) is 20.5. The van der Waals surface area contributed by atoms with E-state index in [9.17, 15) is 19.2 Å². The molecule has 2 heterocycles. The van der Waals surface area contributed by atoms with Crippen LogP contribution >= 0.6 is 11.6 Å². The van der Waals surface area contributed by atoms with Crippen molar-refractivity contribution >= 4 is 47.0 Å². The molecule has 0 bridgehead atoms. The minimum Gasteiger partial charge on any atom is -0.324 e. The van der Waals surface area contributed by atoms with Crippen LogP contribution in [0.4, 0.5) is 11.4 Å². The first-order valence-electron chi connectivity index (χ1n) is 12.0. The van der Waals surface area contributed by atoms with E-state index in [0.717, 1.165) is 5.56 Å². The highest BCUT2D eigenvalue weighted by Crippen LogP contribution is 2.30. The number of halogens is 1. The molecule has 12 heteroatoms. The average Bonchev–Trinajstić information content (AvgIpc) is 3.49. The summed E-state index contributed by atoms with van der Waals surface area (Å²) in [5, 5.41) is 14.3. The molecule has 1 aromatic heterocycles. The second-order valence-corrected chi connectivity index (χ2v) is 9.26.